The number of nitrogens with one attached hydrogen (secondary N) is 2. The Morgan fingerprint density at radius 2 is 2.29 bits per heavy atom. The fourth-order valence-corrected chi connectivity index (χ4v) is 2.64. The maximum absolute atomic E-state index is 11.9. The van der Waals surface area contributed by atoms with Crippen LogP contribution in [0.15, 0.2) is 24.4 Å². The standard InChI is InChI=1S/C14H20N4O3/c1-10-5-4-8-18(13(10)14(20)21)9-12(19)17-16-11-6-2-3-7-15-11/h2-3,6-7,10,13H,4-5,8-9H2,1H3,(H,15,16)(H,17,19)(H,20,21). The predicted molar refractivity (Wildman–Crippen MR) is 77.4 cm³/mol. The summed E-state index contributed by atoms with van der Waals surface area (Å²) in [4.78, 5) is 29.0. The van der Waals surface area contributed by atoms with Crippen LogP contribution in [0.3, 0.4) is 0 Å². The van der Waals surface area contributed by atoms with E-state index < -0.39 is 12.0 Å². The fourth-order valence-electron chi connectivity index (χ4n) is 2.64. The Morgan fingerprint density at radius 3 is 2.95 bits per heavy atom. The second kappa shape index (κ2) is 7.03. The number of aromatic nitrogens is 1. The Labute approximate surface area is 123 Å². The highest BCUT2D eigenvalue weighted by molar-refractivity contribution is 5.81. The van der Waals surface area contributed by atoms with E-state index in [0.717, 1.165) is 12.8 Å². The molecule has 1 saturated heterocycles. The van der Waals surface area contributed by atoms with Gasteiger partial charge in [-0.25, -0.2) is 4.98 Å². The molecule has 1 aromatic rings. The average Bonchev–Trinajstić information content (AvgIpc) is 2.46. The maximum Gasteiger partial charge on any atom is 0.321 e. The number of pyridine rings is 1. The molecule has 2 rings (SSSR count). The van der Waals surface area contributed by atoms with E-state index in [2.05, 4.69) is 15.8 Å². The van der Waals surface area contributed by atoms with E-state index >= 15 is 0 Å². The third-order valence-electron chi connectivity index (χ3n) is 3.63. The molecule has 2 atom stereocenters. The summed E-state index contributed by atoms with van der Waals surface area (Å²) >= 11 is 0. The van der Waals surface area contributed by atoms with Crippen LogP contribution in [0.4, 0.5) is 5.82 Å². The number of amides is 1. The molecule has 0 aromatic carbocycles. The van der Waals surface area contributed by atoms with Crippen LogP contribution in [0.25, 0.3) is 0 Å². The Bertz CT molecular complexity index is 494. The number of carboxylic acid groups (broad SMARTS) is 1. The van der Waals surface area contributed by atoms with Crippen molar-refractivity contribution in [2.24, 2.45) is 5.92 Å². The zero-order valence-electron chi connectivity index (χ0n) is 12.0. The van der Waals surface area contributed by atoms with E-state index in [1.54, 1.807) is 29.3 Å². The molecule has 1 amide bonds. The molecule has 3 N–H and O–H groups in total. The number of likely N-dealkylation sites (tertiary alicyclic amines) is 1. The predicted octanol–water partition coefficient (Wildman–Crippen LogP) is 0.710. The van der Waals surface area contributed by atoms with Gasteiger partial charge in [0.1, 0.15) is 11.9 Å². The van der Waals surface area contributed by atoms with Gasteiger partial charge in [-0.15, -0.1) is 0 Å². The van der Waals surface area contributed by atoms with Crippen molar-refractivity contribution in [2.45, 2.75) is 25.8 Å². The van der Waals surface area contributed by atoms with Crippen LogP contribution in [0.5, 0.6) is 0 Å². The molecule has 0 spiro atoms. The van der Waals surface area contributed by atoms with Crippen LogP contribution < -0.4 is 10.9 Å². The second-order valence-electron chi connectivity index (χ2n) is 5.26. The molecular weight excluding hydrogens is 272 g/mol. The molecule has 21 heavy (non-hydrogen) atoms. The summed E-state index contributed by atoms with van der Waals surface area (Å²) in [7, 11) is 0. The highest BCUT2D eigenvalue weighted by Gasteiger charge is 2.34. The first-order valence-electron chi connectivity index (χ1n) is 7.00. The molecule has 1 aliphatic heterocycles. The van der Waals surface area contributed by atoms with E-state index in [4.69, 9.17) is 0 Å². The minimum atomic E-state index is -0.868. The largest absolute Gasteiger partial charge is 0.480 e. The first-order valence-corrected chi connectivity index (χ1v) is 7.00. The Balaban J connectivity index is 1.87. The SMILES string of the molecule is CC1CCCN(CC(=O)NNc2ccccn2)C1C(=O)O. The van der Waals surface area contributed by atoms with Gasteiger partial charge in [0.15, 0.2) is 0 Å². The van der Waals surface area contributed by atoms with Crippen LogP contribution in [0.1, 0.15) is 19.8 Å². The number of hydrogen-bond acceptors (Lipinski definition) is 5. The number of rotatable bonds is 5. The molecule has 1 aliphatic rings. The van der Waals surface area contributed by atoms with Crippen molar-refractivity contribution >= 4 is 17.7 Å². The lowest BCUT2D eigenvalue weighted by Gasteiger charge is -2.36. The van der Waals surface area contributed by atoms with Crippen molar-refractivity contribution in [1.82, 2.24) is 15.3 Å². The van der Waals surface area contributed by atoms with E-state index in [1.165, 1.54) is 0 Å². The van der Waals surface area contributed by atoms with E-state index in [1.807, 2.05) is 6.92 Å². The molecular formula is C14H20N4O3. The van der Waals surface area contributed by atoms with Gasteiger partial charge >= 0.3 is 5.97 Å². The number of nitrogens with zero attached hydrogens (tertiary/aromatic N) is 2. The Kier molecular flexibility index (Phi) is 5.10. The van der Waals surface area contributed by atoms with E-state index in [0.29, 0.717) is 12.4 Å². The van der Waals surface area contributed by atoms with Crippen LogP contribution in [0.2, 0.25) is 0 Å². The lowest BCUT2D eigenvalue weighted by Crippen LogP contribution is -2.52. The number of carboxylic acids is 1. The van der Waals surface area contributed by atoms with E-state index in [-0.39, 0.29) is 18.4 Å². The van der Waals surface area contributed by atoms with Crippen molar-refractivity contribution in [3.8, 4) is 0 Å². The second-order valence-corrected chi connectivity index (χ2v) is 5.26. The molecule has 2 unspecified atom stereocenters. The molecule has 0 radical (unpaired) electrons. The number of aliphatic carboxylic acids is 1. The number of anilines is 1. The zero-order chi connectivity index (χ0) is 15.2. The van der Waals surface area contributed by atoms with Gasteiger partial charge in [0.05, 0.1) is 6.54 Å². The van der Waals surface area contributed by atoms with Gasteiger partial charge < -0.3 is 5.11 Å². The molecule has 2 heterocycles. The minimum Gasteiger partial charge on any atom is -0.480 e. The molecule has 114 valence electrons. The lowest BCUT2D eigenvalue weighted by atomic mass is 9.91. The van der Waals surface area contributed by atoms with Crippen LogP contribution >= 0.6 is 0 Å². The summed E-state index contributed by atoms with van der Waals surface area (Å²) in [6, 6.07) is 4.70. The van der Waals surface area contributed by atoms with Gasteiger partial charge in [0.25, 0.3) is 5.91 Å². The normalized spacial score (nSPS) is 22.5. The first-order chi connectivity index (χ1) is 10.1. The molecule has 7 nitrogen and oxygen atoms in total. The summed E-state index contributed by atoms with van der Waals surface area (Å²) in [5.74, 6) is -0.561. The highest BCUT2D eigenvalue weighted by Crippen LogP contribution is 2.23. The molecule has 7 heteroatoms. The average molecular weight is 292 g/mol. The van der Waals surface area contributed by atoms with Gasteiger partial charge in [-0.2, -0.15) is 0 Å². The van der Waals surface area contributed by atoms with Crippen molar-refractivity contribution in [3.05, 3.63) is 24.4 Å². The summed E-state index contributed by atoms with van der Waals surface area (Å²) in [5.41, 5.74) is 5.24. The van der Waals surface area contributed by atoms with Gasteiger partial charge in [-0.1, -0.05) is 13.0 Å². The van der Waals surface area contributed by atoms with Crippen LogP contribution in [0, 0.1) is 5.92 Å². The number of piperidine rings is 1. The van der Waals surface area contributed by atoms with Crippen LogP contribution in [-0.2, 0) is 9.59 Å². The summed E-state index contributed by atoms with van der Waals surface area (Å²) in [6.07, 6.45) is 3.40. The zero-order valence-corrected chi connectivity index (χ0v) is 12.0. The van der Waals surface area contributed by atoms with Crippen molar-refractivity contribution in [1.29, 1.82) is 0 Å². The monoisotopic (exact) mass is 292 g/mol. The van der Waals surface area contributed by atoms with Crippen molar-refractivity contribution < 1.29 is 14.7 Å². The van der Waals surface area contributed by atoms with E-state index in [9.17, 15) is 14.7 Å². The molecule has 0 saturated carbocycles. The third-order valence-corrected chi connectivity index (χ3v) is 3.63. The van der Waals surface area contributed by atoms with Crippen molar-refractivity contribution in [2.75, 3.05) is 18.5 Å². The Morgan fingerprint density at radius 1 is 1.48 bits per heavy atom. The quantitative estimate of drug-likeness (QED) is 0.692. The first kappa shape index (κ1) is 15.2. The topological polar surface area (TPSA) is 94.6 Å². The smallest absolute Gasteiger partial charge is 0.321 e. The highest BCUT2D eigenvalue weighted by atomic mass is 16.4. The number of hydrazine groups is 1. The number of hydrogen-bond donors (Lipinski definition) is 3. The van der Waals surface area contributed by atoms with Gasteiger partial charge in [0.2, 0.25) is 0 Å². The fraction of sp³-hybridized carbons (Fsp3) is 0.500. The van der Waals surface area contributed by atoms with Gasteiger partial charge in [-0.3, -0.25) is 25.3 Å². The van der Waals surface area contributed by atoms with Crippen molar-refractivity contribution in [3.63, 3.8) is 0 Å². The Hall–Kier alpha value is -2.15. The molecule has 0 bridgehead atoms. The molecule has 0 aliphatic carbocycles. The minimum absolute atomic E-state index is 0.0489. The lowest BCUT2D eigenvalue weighted by molar-refractivity contribution is -0.147. The van der Waals surface area contributed by atoms with Gasteiger partial charge in [0, 0.05) is 6.20 Å². The molecule has 1 fully saturated rings. The summed E-state index contributed by atoms with van der Waals surface area (Å²) in [5, 5.41) is 9.30. The maximum atomic E-state index is 11.9. The van der Waals surface area contributed by atoms with Crippen LogP contribution in [-0.4, -0.2) is 46.0 Å². The summed E-state index contributed by atoms with van der Waals surface area (Å²) in [6.45, 7) is 2.59. The summed E-state index contributed by atoms with van der Waals surface area (Å²) < 4.78 is 0. The third kappa shape index (κ3) is 4.16. The molecule has 1 aromatic heterocycles. The number of carbonyl (C=O) groups is 2. The number of carbonyl (C=O) groups excluding carboxylic acids is 1. The van der Waals surface area contributed by atoms with Gasteiger partial charge in [-0.05, 0) is 37.4 Å².